The van der Waals surface area contributed by atoms with Crippen LogP contribution in [0.4, 0.5) is 0 Å². The van der Waals surface area contributed by atoms with Gasteiger partial charge in [-0.15, -0.1) is 0 Å². The van der Waals surface area contributed by atoms with E-state index in [-0.39, 0.29) is 16.6 Å². The number of benzene rings is 2. The van der Waals surface area contributed by atoms with Gasteiger partial charge in [-0.3, -0.25) is 4.79 Å². The van der Waals surface area contributed by atoms with E-state index < -0.39 is 15.9 Å². The third kappa shape index (κ3) is 5.55. The molecule has 0 radical (unpaired) electrons. The van der Waals surface area contributed by atoms with Crippen LogP contribution in [0.15, 0.2) is 71.3 Å². The van der Waals surface area contributed by atoms with Gasteiger partial charge in [0.05, 0.1) is 16.7 Å². The molecule has 10 heteroatoms. The van der Waals surface area contributed by atoms with Crippen molar-refractivity contribution in [1.29, 1.82) is 5.26 Å². The predicted molar refractivity (Wildman–Crippen MR) is 143 cm³/mol. The van der Waals surface area contributed by atoms with Crippen LogP contribution >= 0.6 is 0 Å². The SMILES string of the molecule is N#C/C(=C/c1cn(-c2ccccc2)nc1-c1cccc(S(=O)(=O)N2CCCC2)c1)C(=O)NCC1CCCO1. The molecule has 5 rings (SSSR count). The maximum absolute atomic E-state index is 13.2. The summed E-state index contributed by atoms with van der Waals surface area (Å²) in [6.45, 7) is 2.03. The zero-order valence-electron chi connectivity index (χ0n) is 20.9. The monoisotopic (exact) mass is 531 g/mol. The highest BCUT2D eigenvalue weighted by atomic mass is 32.2. The number of hydrogen-bond acceptors (Lipinski definition) is 6. The van der Waals surface area contributed by atoms with Crippen LogP contribution in [-0.4, -0.2) is 60.8 Å². The maximum atomic E-state index is 13.2. The molecule has 1 amide bonds. The molecule has 0 aliphatic carbocycles. The molecule has 9 nitrogen and oxygen atoms in total. The minimum absolute atomic E-state index is 0.0458. The normalized spacial score (nSPS) is 18.4. The van der Waals surface area contributed by atoms with E-state index in [1.807, 2.05) is 36.4 Å². The smallest absolute Gasteiger partial charge is 0.262 e. The molecule has 2 aliphatic heterocycles. The van der Waals surface area contributed by atoms with Crippen LogP contribution in [-0.2, 0) is 19.6 Å². The number of hydrogen-bond donors (Lipinski definition) is 1. The average molecular weight is 532 g/mol. The van der Waals surface area contributed by atoms with E-state index in [9.17, 15) is 18.5 Å². The number of carbonyl (C=O) groups excluding carboxylic acids is 1. The number of rotatable bonds is 8. The Morgan fingerprint density at radius 3 is 2.63 bits per heavy atom. The van der Waals surface area contributed by atoms with Crippen molar-refractivity contribution in [2.45, 2.75) is 36.7 Å². The first-order valence-electron chi connectivity index (χ1n) is 12.7. The summed E-state index contributed by atoms with van der Waals surface area (Å²) in [5, 5.41) is 17.3. The fourth-order valence-electron chi connectivity index (χ4n) is 4.72. The van der Waals surface area contributed by atoms with E-state index in [0.29, 0.717) is 43.1 Å². The molecule has 2 fully saturated rings. The molecule has 3 heterocycles. The lowest BCUT2D eigenvalue weighted by Crippen LogP contribution is -2.32. The second-order valence-electron chi connectivity index (χ2n) is 9.37. The first kappa shape index (κ1) is 25.9. The van der Waals surface area contributed by atoms with E-state index in [2.05, 4.69) is 5.32 Å². The first-order chi connectivity index (χ1) is 18.5. The second kappa shape index (κ2) is 11.3. The first-order valence-corrected chi connectivity index (χ1v) is 14.2. The van der Waals surface area contributed by atoms with Gasteiger partial charge in [0.25, 0.3) is 5.91 Å². The third-order valence-corrected chi connectivity index (χ3v) is 8.65. The summed E-state index contributed by atoms with van der Waals surface area (Å²) < 4.78 is 35.1. The van der Waals surface area contributed by atoms with Gasteiger partial charge in [-0.1, -0.05) is 30.3 Å². The van der Waals surface area contributed by atoms with E-state index >= 15 is 0 Å². The minimum atomic E-state index is -3.63. The van der Waals surface area contributed by atoms with Gasteiger partial charge in [-0.2, -0.15) is 14.7 Å². The maximum Gasteiger partial charge on any atom is 0.262 e. The van der Waals surface area contributed by atoms with Gasteiger partial charge < -0.3 is 10.1 Å². The standard InChI is InChI=1S/C28H29N5O4S/c29-18-22(28(34)30-19-25-11-7-15-37-25)16-23-20-33(24-9-2-1-3-10-24)31-27(23)21-8-6-12-26(17-21)38(35,36)32-13-4-5-14-32/h1-3,6,8-10,12,16-17,20,25H,4-5,7,11,13-15,19H2,(H,30,34)/b22-16-. The lowest BCUT2D eigenvalue weighted by atomic mass is 10.1. The highest BCUT2D eigenvalue weighted by Gasteiger charge is 2.28. The van der Waals surface area contributed by atoms with Crippen molar-refractivity contribution in [2.24, 2.45) is 0 Å². The summed E-state index contributed by atoms with van der Waals surface area (Å²) in [5.41, 5.74) is 2.27. The summed E-state index contributed by atoms with van der Waals surface area (Å²) in [7, 11) is -3.63. The summed E-state index contributed by atoms with van der Waals surface area (Å²) in [4.78, 5) is 13.0. The summed E-state index contributed by atoms with van der Waals surface area (Å²) in [6.07, 6.45) is 6.70. The quantitative estimate of drug-likeness (QED) is 0.351. The molecule has 0 saturated carbocycles. The van der Waals surface area contributed by atoms with Crippen LogP contribution < -0.4 is 5.32 Å². The van der Waals surface area contributed by atoms with Crippen molar-refractivity contribution in [2.75, 3.05) is 26.2 Å². The molecule has 2 aromatic carbocycles. The largest absolute Gasteiger partial charge is 0.376 e. The Morgan fingerprint density at radius 1 is 1.13 bits per heavy atom. The zero-order chi connectivity index (χ0) is 26.5. The van der Waals surface area contributed by atoms with Crippen LogP contribution in [0, 0.1) is 11.3 Å². The third-order valence-electron chi connectivity index (χ3n) is 6.75. The second-order valence-corrected chi connectivity index (χ2v) is 11.3. The summed E-state index contributed by atoms with van der Waals surface area (Å²) >= 11 is 0. The molecule has 1 N–H and O–H groups in total. The number of amides is 1. The van der Waals surface area contributed by atoms with Gasteiger partial charge in [0.1, 0.15) is 17.3 Å². The van der Waals surface area contributed by atoms with E-state index in [0.717, 1.165) is 31.4 Å². The van der Waals surface area contributed by atoms with Crippen molar-refractivity contribution < 1.29 is 17.9 Å². The Balaban J connectivity index is 1.52. The number of sulfonamides is 1. The van der Waals surface area contributed by atoms with Crippen LogP contribution in [0.25, 0.3) is 23.0 Å². The Kier molecular flexibility index (Phi) is 7.69. The highest BCUT2D eigenvalue weighted by Crippen LogP contribution is 2.29. The van der Waals surface area contributed by atoms with E-state index in [1.54, 1.807) is 35.1 Å². The van der Waals surface area contributed by atoms with Crippen molar-refractivity contribution in [3.63, 3.8) is 0 Å². The molecule has 2 saturated heterocycles. The number of nitrogens with zero attached hydrogens (tertiary/aromatic N) is 4. The molecule has 0 spiro atoms. The van der Waals surface area contributed by atoms with Gasteiger partial charge in [0.2, 0.25) is 10.0 Å². The van der Waals surface area contributed by atoms with Crippen molar-refractivity contribution in [3.8, 4) is 23.0 Å². The number of carbonyl (C=O) groups is 1. The lowest BCUT2D eigenvalue weighted by molar-refractivity contribution is -0.117. The number of aromatic nitrogens is 2. The molecule has 196 valence electrons. The predicted octanol–water partition coefficient (Wildman–Crippen LogP) is 3.53. The van der Waals surface area contributed by atoms with E-state index in [1.165, 1.54) is 10.4 Å². The molecular weight excluding hydrogens is 502 g/mol. The summed E-state index contributed by atoms with van der Waals surface area (Å²) in [6, 6.07) is 18.1. The number of nitrogens with one attached hydrogen (secondary N) is 1. The van der Waals surface area contributed by atoms with Gasteiger partial charge in [-0.05, 0) is 56.0 Å². The molecule has 1 atom stereocenters. The molecule has 38 heavy (non-hydrogen) atoms. The molecule has 2 aliphatic rings. The Labute approximate surface area is 222 Å². The summed E-state index contributed by atoms with van der Waals surface area (Å²) in [5.74, 6) is -0.494. The zero-order valence-corrected chi connectivity index (χ0v) is 21.7. The average Bonchev–Trinajstić information content (AvgIpc) is 3.73. The molecule has 3 aromatic rings. The van der Waals surface area contributed by atoms with Gasteiger partial charge in [-0.25, -0.2) is 13.1 Å². The van der Waals surface area contributed by atoms with Crippen molar-refractivity contribution in [3.05, 3.63) is 71.9 Å². The minimum Gasteiger partial charge on any atom is -0.376 e. The van der Waals surface area contributed by atoms with Gasteiger partial charge in [0.15, 0.2) is 0 Å². The number of para-hydroxylation sites is 1. The Morgan fingerprint density at radius 2 is 1.92 bits per heavy atom. The molecule has 0 bridgehead atoms. The fraction of sp³-hybridized carbons (Fsp3) is 0.321. The van der Waals surface area contributed by atoms with Crippen molar-refractivity contribution >= 4 is 22.0 Å². The van der Waals surface area contributed by atoms with Crippen LogP contribution in [0.2, 0.25) is 0 Å². The molecule has 1 unspecified atom stereocenters. The van der Waals surface area contributed by atoms with Gasteiger partial charge in [0, 0.05) is 43.6 Å². The van der Waals surface area contributed by atoms with Crippen LogP contribution in [0.1, 0.15) is 31.2 Å². The lowest BCUT2D eigenvalue weighted by Gasteiger charge is -2.16. The van der Waals surface area contributed by atoms with E-state index in [4.69, 9.17) is 9.84 Å². The molecule has 1 aromatic heterocycles. The highest BCUT2D eigenvalue weighted by molar-refractivity contribution is 7.89. The number of ether oxygens (including phenoxy) is 1. The Bertz CT molecular complexity index is 1480. The van der Waals surface area contributed by atoms with Crippen LogP contribution in [0.5, 0.6) is 0 Å². The van der Waals surface area contributed by atoms with Crippen molar-refractivity contribution in [1.82, 2.24) is 19.4 Å². The van der Waals surface area contributed by atoms with Crippen LogP contribution in [0.3, 0.4) is 0 Å². The fourth-order valence-corrected chi connectivity index (χ4v) is 6.29. The number of nitriles is 1. The Hall–Kier alpha value is -3.78. The topological polar surface area (TPSA) is 117 Å². The van der Waals surface area contributed by atoms with Gasteiger partial charge >= 0.3 is 0 Å². The molecular formula is C28H29N5O4S.